The number of carbonyl (C=O) groups is 2. The minimum absolute atomic E-state index is 0.0309. The van der Waals surface area contributed by atoms with Crippen molar-refractivity contribution in [3.8, 4) is 0 Å². The molecule has 2 aromatic rings. The predicted octanol–water partition coefficient (Wildman–Crippen LogP) is 3.81. The Bertz CT molecular complexity index is 714. The highest BCUT2D eigenvalue weighted by atomic mass is 16.2. The van der Waals surface area contributed by atoms with Crippen molar-refractivity contribution in [2.75, 3.05) is 6.54 Å². The zero-order valence-electron chi connectivity index (χ0n) is 16.5. The van der Waals surface area contributed by atoms with Crippen molar-refractivity contribution < 1.29 is 9.59 Å². The first kappa shape index (κ1) is 20.7. The molecule has 0 aliphatic carbocycles. The Morgan fingerprint density at radius 3 is 2.00 bits per heavy atom. The number of nitrogens with zero attached hydrogens (tertiary/aromatic N) is 1. The van der Waals surface area contributed by atoms with Gasteiger partial charge >= 0.3 is 0 Å². The number of carbonyl (C=O) groups excluding carboxylic acids is 2. The lowest BCUT2D eigenvalue weighted by atomic mass is 10.1. The van der Waals surface area contributed by atoms with Crippen LogP contribution in [-0.2, 0) is 22.6 Å². The number of rotatable bonds is 9. The quantitative estimate of drug-likeness (QED) is 0.734. The summed E-state index contributed by atoms with van der Waals surface area (Å²) in [5, 5.41) is 2.99. The van der Waals surface area contributed by atoms with Crippen molar-refractivity contribution >= 4 is 11.8 Å². The van der Waals surface area contributed by atoms with Crippen molar-refractivity contribution in [3.05, 3.63) is 71.8 Å². The van der Waals surface area contributed by atoms with E-state index < -0.39 is 6.04 Å². The summed E-state index contributed by atoms with van der Waals surface area (Å²) in [6, 6.07) is 19.0. The van der Waals surface area contributed by atoms with E-state index in [1.54, 1.807) is 4.90 Å². The molecule has 2 aromatic carbocycles. The minimum Gasteiger partial charge on any atom is -0.354 e. The van der Waals surface area contributed by atoms with Gasteiger partial charge in [-0.15, -0.1) is 0 Å². The monoisotopic (exact) mass is 366 g/mol. The molecular weight excluding hydrogens is 336 g/mol. The van der Waals surface area contributed by atoms with Crippen LogP contribution in [0.3, 0.4) is 0 Å². The van der Waals surface area contributed by atoms with Crippen LogP contribution in [0.1, 0.15) is 38.3 Å². The van der Waals surface area contributed by atoms with Crippen molar-refractivity contribution in [2.24, 2.45) is 5.92 Å². The van der Waals surface area contributed by atoms with E-state index in [1.807, 2.05) is 67.6 Å². The van der Waals surface area contributed by atoms with E-state index in [0.29, 0.717) is 31.8 Å². The Kier molecular flexibility index (Phi) is 8.05. The number of benzene rings is 2. The second-order valence-corrected chi connectivity index (χ2v) is 7.23. The van der Waals surface area contributed by atoms with Crippen LogP contribution in [-0.4, -0.2) is 29.3 Å². The Balaban J connectivity index is 2.21. The molecule has 27 heavy (non-hydrogen) atoms. The summed E-state index contributed by atoms with van der Waals surface area (Å²) in [7, 11) is 0. The van der Waals surface area contributed by atoms with Gasteiger partial charge in [0, 0.05) is 13.1 Å². The van der Waals surface area contributed by atoms with Gasteiger partial charge in [-0.2, -0.15) is 0 Å². The molecule has 0 saturated carbocycles. The average Bonchev–Trinajstić information content (AvgIpc) is 2.67. The lowest BCUT2D eigenvalue weighted by Gasteiger charge is -2.31. The molecule has 4 heteroatoms. The number of hydrogen-bond acceptors (Lipinski definition) is 2. The molecule has 0 unspecified atom stereocenters. The van der Waals surface area contributed by atoms with Gasteiger partial charge in [0.1, 0.15) is 6.04 Å². The highest BCUT2D eigenvalue weighted by Crippen LogP contribution is 2.14. The van der Waals surface area contributed by atoms with E-state index in [1.165, 1.54) is 0 Å². The zero-order valence-corrected chi connectivity index (χ0v) is 16.5. The van der Waals surface area contributed by atoms with Gasteiger partial charge < -0.3 is 10.2 Å². The smallest absolute Gasteiger partial charge is 0.242 e. The van der Waals surface area contributed by atoms with Crippen LogP contribution in [0.4, 0.5) is 0 Å². The molecule has 0 saturated heterocycles. The van der Waals surface area contributed by atoms with Gasteiger partial charge in [0.25, 0.3) is 0 Å². The van der Waals surface area contributed by atoms with Gasteiger partial charge in [-0.3, -0.25) is 9.59 Å². The van der Waals surface area contributed by atoms with Gasteiger partial charge in [0.15, 0.2) is 0 Å². The first-order valence-corrected chi connectivity index (χ1v) is 9.66. The largest absolute Gasteiger partial charge is 0.354 e. The molecule has 0 spiro atoms. The van der Waals surface area contributed by atoms with Crippen LogP contribution in [0, 0.1) is 5.92 Å². The van der Waals surface area contributed by atoms with E-state index in [4.69, 9.17) is 0 Å². The first-order chi connectivity index (χ1) is 13.0. The highest BCUT2D eigenvalue weighted by molar-refractivity contribution is 5.88. The molecule has 0 aromatic heterocycles. The van der Waals surface area contributed by atoms with Gasteiger partial charge in [-0.1, -0.05) is 81.4 Å². The van der Waals surface area contributed by atoms with E-state index in [9.17, 15) is 9.59 Å². The number of amides is 2. The lowest BCUT2D eigenvalue weighted by Crippen LogP contribution is -2.50. The second-order valence-electron chi connectivity index (χ2n) is 7.23. The van der Waals surface area contributed by atoms with E-state index in [0.717, 1.165) is 11.1 Å². The summed E-state index contributed by atoms with van der Waals surface area (Å²) < 4.78 is 0. The summed E-state index contributed by atoms with van der Waals surface area (Å²) in [6.07, 6.45) is 0.874. The fourth-order valence-electron chi connectivity index (χ4n) is 2.99. The molecule has 1 atom stereocenters. The fourth-order valence-corrected chi connectivity index (χ4v) is 2.99. The van der Waals surface area contributed by atoms with E-state index in [2.05, 4.69) is 19.2 Å². The molecule has 2 amide bonds. The minimum atomic E-state index is -0.472. The molecule has 4 nitrogen and oxygen atoms in total. The molecule has 1 N–H and O–H groups in total. The van der Waals surface area contributed by atoms with Gasteiger partial charge in [0.05, 0.1) is 6.42 Å². The molecule has 0 bridgehead atoms. The van der Waals surface area contributed by atoms with Crippen LogP contribution in [0.15, 0.2) is 60.7 Å². The van der Waals surface area contributed by atoms with E-state index in [-0.39, 0.29) is 11.8 Å². The topological polar surface area (TPSA) is 49.4 Å². The molecule has 0 fully saturated rings. The Morgan fingerprint density at radius 2 is 1.48 bits per heavy atom. The summed E-state index contributed by atoms with van der Waals surface area (Å²) in [5.41, 5.74) is 1.98. The molecule has 0 radical (unpaired) electrons. The highest BCUT2D eigenvalue weighted by Gasteiger charge is 2.28. The SMILES string of the molecule is CC[C@@H](C(=O)NCC(C)C)N(Cc1ccccc1)C(=O)Cc1ccccc1. The van der Waals surface area contributed by atoms with Crippen molar-refractivity contribution in [3.63, 3.8) is 0 Å². The van der Waals surface area contributed by atoms with E-state index >= 15 is 0 Å². The Labute approximate surface area is 162 Å². The van der Waals surface area contributed by atoms with Gasteiger partial charge in [-0.05, 0) is 23.5 Å². The molecule has 0 aliphatic heterocycles. The summed E-state index contributed by atoms with van der Waals surface area (Å²) in [4.78, 5) is 27.6. The molecular formula is C23H30N2O2. The van der Waals surface area contributed by atoms with Crippen molar-refractivity contribution in [1.29, 1.82) is 0 Å². The van der Waals surface area contributed by atoms with Crippen LogP contribution in [0.2, 0.25) is 0 Å². The normalized spacial score (nSPS) is 11.9. The number of hydrogen-bond donors (Lipinski definition) is 1. The maximum Gasteiger partial charge on any atom is 0.242 e. The van der Waals surface area contributed by atoms with Crippen LogP contribution in [0.25, 0.3) is 0 Å². The maximum atomic E-state index is 13.1. The third-order valence-corrected chi connectivity index (χ3v) is 4.46. The average molecular weight is 367 g/mol. The zero-order chi connectivity index (χ0) is 19.6. The molecule has 144 valence electrons. The van der Waals surface area contributed by atoms with Crippen LogP contribution >= 0.6 is 0 Å². The molecule has 2 rings (SSSR count). The Hall–Kier alpha value is -2.62. The summed E-state index contributed by atoms with van der Waals surface area (Å²) in [6.45, 7) is 7.11. The third kappa shape index (κ3) is 6.55. The van der Waals surface area contributed by atoms with Gasteiger partial charge in [0.2, 0.25) is 11.8 Å². The van der Waals surface area contributed by atoms with Crippen LogP contribution < -0.4 is 5.32 Å². The standard InChI is InChI=1S/C23H30N2O2/c1-4-21(23(27)24-16-18(2)3)25(17-20-13-9-6-10-14-20)22(26)15-19-11-7-5-8-12-19/h5-14,18,21H,4,15-17H2,1-3H3,(H,24,27)/t21-/m0/s1. The lowest BCUT2D eigenvalue weighted by molar-refractivity contribution is -0.141. The van der Waals surface area contributed by atoms with Gasteiger partial charge in [-0.25, -0.2) is 0 Å². The van der Waals surface area contributed by atoms with Crippen molar-refractivity contribution in [1.82, 2.24) is 10.2 Å². The summed E-state index contributed by atoms with van der Waals surface area (Å²) in [5.74, 6) is 0.259. The van der Waals surface area contributed by atoms with Crippen molar-refractivity contribution in [2.45, 2.75) is 46.2 Å². The maximum absolute atomic E-state index is 13.1. The summed E-state index contributed by atoms with van der Waals surface area (Å²) >= 11 is 0. The fraction of sp³-hybridized carbons (Fsp3) is 0.391. The van der Waals surface area contributed by atoms with Crippen LogP contribution in [0.5, 0.6) is 0 Å². The number of nitrogens with one attached hydrogen (secondary N) is 1. The molecule has 0 aliphatic rings. The predicted molar refractivity (Wildman–Crippen MR) is 109 cm³/mol. The second kappa shape index (κ2) is 10.5. The Morgan fingerprint density at radius 1 is 0.926 bits per heavy atom. The first-order valence-electron chi connectivity index (χ1n) is 9.66. The molecule has 0 heterocycles. The third-order valence-electron chi connectivity index (χ3n) is 4.46.